The molecule has 1 unspecified atom stereocenters. The molecule has 0 bridgehead atoms. The summed E-state index contributed by atoms with van der Waals surface area (Å²) in [4.78, 5) is 22.2. The Morgan fingerprint density at radius 3 is 2.62 bits per heavy atom. The molecular formula is C10H16N2O3S. The summed E-state index contributed by atoms with van der Waals surface area (Å²) in [6.07, 6.45) is 0.415. The van der Waals surface area contributed by atoms with Crippen molar-refractivity contribution in [3.63, 3.8) is 0 Å². The fourth-order valence-electron chi connectivity index (χ4n) is 1.00. The Morgan fingerprint density at radius 1 is 1.56 bits per heavy atom. The summed E-state index contributed by atoms with van der Waals surface area (Å²) in [5.74, 6) is -0.328. The van der Waals surface area contributed by atoms with Gasteiger partial charge in [0.1, 0.15) is 6.04 Å². The maximum absolute atomic E-state index is 11.3. The molecule has 0 saturated heterocycles. The average molecular weight is 244 g/mol. The van der Waals surface area contributed by atoms with Crippen LogP contribution < -0.4 is 5.32 Å². The number of carbonyl (C=O) groups excluding carboxylic acids is 2. The number of hydrogen-bond acceptors (Lipinski definition) is 5. The van der Waals surface area contributed by atoms with Gasteiger partial charge in [-0.1, -0.05) is 6.92 Å². The van der Waals surface area contributed by atoms with E-state index in [1.54, 1.807) is 0 Å². The normalized spacial score (nSPS) is 13.4. The van der Waals surface area contributed by atoms with Crippen LogP contribution in [0.4, 0.5) is 0 Å². The van der Waals surface area contributed by atoms with Crippen LogP contribution in [0.5, 0.6) is 0 Å². The van der Waals surface area contributed by atoms with Crippen molar-refractivity contribution in [3.8, 4) is 6.07 Å². The van der Waals surface area contributed by atoms with E-state index in [9.17, 15) is 9.59 Å². The minimum atomic E-state index is -0.645. The molecule has 0 aliphatic rings. The third-order valence-corrected chi connectivity index (χ3v) is 3.05. The van der Waals surface area contributed by atoms with Crippen LogP contribution >= 0.6 is 11.8 Å². The number of nitrogens with zero attached hydrogens (tertiary/aromatic N) is 1. The first-order chi connectivity index (χ1) is 7.51. The highest BCUT2D eigenvalue weighted by molar-refractivity contribution is 7.99. The van der Waals surface area contributed by atoms with Gasteiger partial charge in [-0.05, 0) is 0 Å². The van der Waals surface area contributed by atoms with Gasteiger partial charge in [0.25, 0.3) is 0 Å². The highest BCUT2D eigenvalue weighted by Crippen LogP contribution is 2.15. The molecule has 0 fully saturated rings. The lowest BCUT2D eigenvalue weighted by Gasteiger charge is -2.16. The van der Waals surface area contributed by atoms with Gasteiger partial charge >= 0.3 is 5.97 Å². The van der Waals surface area contributed by atoms with Crippen molar-refractivity contribution >= 4 is 23.6 Å². The first-order valence-electron chi connectivity index (χ1n) is 4.84. The summed E-state index contributed by atoms with van der Waals surface area (Å²) in [6, 6.07) is 1.41. The van der Waals surface area contributed by atoms with Gasteiger partial charge in [0.05, 0.1) is 13.2 Å². The number of thioether (sulfide) groups is 1. The minimum absolute atomic E-state index is 0.130. The van der Waals surface area contributed by atoms with E-state index in [1.165, 1.54) is 25.8 Å². The fourth-order valence-corrected chi connectivity index (χ4v) is 1.94. The van der Waals surface area contributed by atoms with Crippen molar-refractivity contribution in [2.75, 3.05) is 12.9 Å². The van der Waals surface area contributed by atoms with E-state index in [0.717, 1.165) is 0 Å². The molecule has 0 rings (SSSR count). The van der Waals surface area contributed by atoms with Crippen LogP contribution in [0, 0.1) is 11.3 Å². The van der Waals surface area contributed by atoms with E-state index in [1.807, 2.05) is 6.92 Å². The molecule has 16 heavy (non-hydrogen) atoms. The van der Waals surface area contributed by atoms with Gasteiger partial charge in [-0.25, -0.2) is 4.79 Å². The number of esters is 1. The molecule has 0 aliphatic heterocycles. The van der Waals surface area contributed by atoms with Gasteiger partial charge in [-0.3, -0.25) is 4.79 Å². The second-order valence-electron chi connectivity index (χ2n) is 3.28. The topological polar surface area (TPSA) is 79.2 Å². The lowest BCUT2D eigenvalue weighted by Crippen LogP contribution is -2.42. The van der Waals surface area contributed by atoms with Crippen LogP contribution in [-0.4, -0.2) is 36.0 Å². The molecule has 0 aliphatic carbocycles. The largest absolute Gasteiger partial charge is 0.467 e. The van der Waals surface area contributed by atoms with E-state index >= 15 is 0 Å². The molecule has 0 saturated carbocycles. The number of ether oxygens (including phenoxy) is 1. The fraction of sp³-hybridized carbons (Fsp3) is 0.700. The first kappa shape index (κ1) is 14.8. The van der Waals surface area contributed by atoms with Crippen molar-refractivity contribution < 1.29 is 14.3 Å². The summed E-state index contributed by atoms with van der Waals surface area (Å²) in [5.41, 5.74) is 0. The van der Waals surface area contributed by atoms with Gasteiger partial charge < -0.3 is 10.1 Å². The number of nitrogens with one attached hydrogen (secondary N) is 1. The Labute approximate surface area is 99.5 Å². The number of methoxy groups -OCH3 is 1. The molecule has 6 heteroatoms. The molecule has 5 nitrogen and oxygen atoms in total. The second kappa shape index (κ2) is 7.99. The van der Waals surface area contributed by atoms with Crippen molar-refractivity contribution in [2.45, 2.75) is 31.6 Å². The van der Waals surface area contributed by atoms with Crippen molar-refractivity contribution in [2.24, 2.45) is 0 Å². The van der Waals surface area contributed by atoms with Crippen LogP contribution in [0.25, 0.3) is 0 Å². The minimum Gasteiger partial charge on any atom is -0.467 e. The quantitative estimate of drug-likeness (QED) is 0.696. The van der Waals surface area contributed by atoms with Crippen molar-refractivity contribution in [1.29, 1.82) is 5.26 Å². The van der Waals surface area contributed by atoms with Gasteiger partial charge in [0.2, 0.25) is 5.91 Å². The average Bonchev–Trinajstić information content (AvgIpc) is 2.23. The lowest BCUT2D eigenvalue weighted by atomic mass is 10.3. The number of hydrogen-bond donors (Lipinski definition) is 1. The SMILES string of the molecule is COC(=O)[C@H](CSC(C)CC#N)NC(C)=O. The smallest absolute Gasteiger partial charge is 0.329 e. The molecule has 2 atom stereocenters. The van der Waals surface area contributed by atoms with E-state index in [0.29, 0.717) is 12.2 Å². The third-order valence-electron chi connectivity index (χ3n) is 1.79. The third kappa shape index (κ3) is 6.30. The second-order valence-corrected chi connectivity index (χ2v) is 4.75. The van der Waals surface area contributed by atoms with Crippen molar-refractivity contribution in [1.82, 2.24) is 5.32 Å². The molecule has 0 heterocycles. The van der Waals surface area contributed by atoms with Gasteiger partial charge in [0, 0.05) is 24.3 Å². The molecule has 0 aromatic carbocycles. The molecule has 0 spiro atoms. The van der Waals surface area contributed by atoms with E-state index in [4.69, 9.17) is 5.26 Å². The van der Waals surface area contributed by atoms with Gasteiger partial charge in [-0.15, -0.1) is 0 Å². The number of rotatable bonds is 6. The van der Waals surface area contributed by atoms with Crippen LogP contribution in [0.1, 0.15) is 20.3 Å². The number of nitriles is 1. The molecular weight excluding hydrogens is 228 g/mol. The highest BCUT2D eigenvalue weighted by Gasteiger charge is 2.20. The summed E-state index contributed by atoms with van der Waals surface area (Å²) >= 11 is 1.46. The Kier molecular flexibility index (Phi) is 7.38. The van der Waals surface area contributed by atoms with E-state index < -0.39 is 12.0 Å². The Hall–Kier alpha value is -1.22. The van der Waals surface area contributed by atoms with Crippen LogP contribution in [0.15, 0.2) is 0 Å². The predicted octanol–water partition coefficient (Wildman–Crippen LogP) is 0.699. The maximum atomic E-state index is 11.3. The Morgan fingerprint density at radius 2 is 2.19 bits per heavy atom. The summed E-state index contributed by atoms with van der Waals surface area (Å²) < 4.78 is 4.57. The number of amides is 1. The zero-order valence-electron chi connectivity index (χ0n) is 9.65. The first-order valence-corrected chi connectivity index (χ1v) is 5.89. The van der Waals surface area contributed by atoms with Gasteiger partial charge in [0.15, 0.2) is 0 Å². The van der Waals surface area contributed by atoms with Crippen LogP contribution in [-0.2, 0) is 14.3 Å². The molecule has 0 aromatic rings. The molecule has 90 valence electrons. The molecule has 0 radical (unpaired) electrons. The summed E-state index contributed by atoms with van der Waals surface area (Å²) in [5, 5.41) is 11.1. The predicted molar refractivity (Wildman–Crippen MR) is 61.8 cm³/mol. The summed E-state index contributed by atoms with van der Waals surface area (Å²) in [6.45, 7) is 3.25. The van der Waals surface area contributed by atoms with Crippen LogP contribution in [0.3, 0.4) is 0 Å². The number of carbonyl (C=O) groups is 2. The van der Waals surface area contributed by atoms with Crippen LogP contribution in [0.2, 0.25) is 0 Å². The van der Waals surface area contributed by atoms with Gasteiger partial charge in [-0.2, -0.15) is 17.0 Å². The zero-order valence-corrected chi connectivity index (χ0v) is 10.5. The Balaban J connectivity index is 4.17. The molecule has 0 aromatic heterocycles. The monoisotopic (exact) mass is 244 g/mol. The summed E-state index contributed by atoms with van der Waals surface area (Å²) in [7, 11) is 1.28. The van der Waals surface area contributed by atoms with Crippen molar-refractivity contribution in [3.05, 3.63) is 0 Å². The maximum Gasteiger partial charge on any atom is 0.329 e. The lowest BCUT2D eigenvalue weighted by molar-refractivity contribution is -0.144. The van der Waals surface area contributed by atoms with E-state index in [-0.39, 0.29) is 11.2 Å². The Bertz CT molecular complexity index is 288. The molecule has 1 amide bonds. The van der Waals surface area contributed by atoms with E-state index in [2.05, 4.69) is 16.1 Å². The zero-order chi connectivity index (χ0) is 12.6. The standard InChI is InChI=1S/C10H16N2O3S/c1-7(4-5-11)16-6-9(10(14)15-3)12-8(2)13/h7,9H,4,6H2,1-3H3,(H,12,13)/t7?,9-/m0/s1. The highest BCUT2D eigenvalue weighted by atomic mass is 32.2. The molecule has 1 N–H and O–H groups in total.